The van der Waals surface area contributed by atoms with Gasteiger partial charge < -0.3 is 19.3 Å². The zero-order chi connectivity index (χ0) is 15.6. The average Bonchev–Trinajstić information content (AvgIpc) is 2.46. The van der Waals surface area contributed by atoms with Crippen molar-refractivity contribution in [3.63, 3.8) is 0 Å². The number of esters is 1. The third kappa shape index (κ3) is 2.99. The van der Waals surface area contributed by atoms with Crippen LogP contribution in [-0.4, -0.2) is 45.2 Å². The maximum absolute atomic E-state index is 11.7. The van der Waals surface area contributed by atoms with E-state index in [2.05, 4.69) is 0 Å². The van der Waals surface area contributed by atoms with Gasteiger partial charge in [0.2, 0.25) is 0 Å². The van der Waals surface area contributed by atoms with E-state index in [-0.39, 0.29) is 5.97 Å². The highest BCUT2D eigenvalue weighted by Crippen LogP contribution is 2.35. The van der Waals surface area contributed by atoms with Gasteiger partial charge in [-0.15, -0.1) is 0 Å². The van der Waals surface area contributed by atoms with E-state index in [9.17, 15) is 9.59 Å². The minimum Gasteiger partial charge on any atom is -0.466 e. The Bertz CT molecular complexity index is 608. The van der Waals surface area contributed by atoms with Gasteiger partial charge in [-0.1, -0.05) is 6.07 Å². The van der Waals surface area contributed by atoms with Crippen molar-refractivity contribution in [3.8, 4) is 5.75 Å². The number of hydrogen-bond acceptors (Lipinski definition) is 5. The van der Waals surface area contributed by atoms with Crippen LogP contribution < -0.4 is 9.64 Å². The number of amides is 1. The second kappa shape index (κ2) is 5.87. The molecule has 0 aromatic heterocycles. The Labute approximate surface area is 123 Å². The van der Waals surface area contributed by atoms with Crippen LogP contribution in [0.15, 0.2) is 30.0 Å². The number of benzene rings is 1. The zero-order valence-electron chi connectivity index (χ0n) is 12.5. The van der Waals surface area contributed by atoms with Crippen molar-refractivity contribution >= 4 is 17.7 Å². The van der Waals surface area contributed by atoms with Gasteiger partial charge in [-0.3, -0.25) is 0 Å². The van der Waals surface area contributed by atoms with Crippen molar-refractivity contribution in [2.75, 3.05) is 33.2 Å². The molecule has 0 radical (unpaired) electrons. The molecule has 0 saturated carbocycles. The highest BCUT2D eigenvalue weighted by atomic mass is 16.6. The molecule has 1 aromatic carbocycles. The molecule has 0 aliphatic carbocycles. The Morgan fingerprint density at radius 3 is 2.62 bits per heavy atom. The summed E-state index contributed by atoms with van der Waals surface area (Å²) in [5.74, 6) is 0.0637. The van der Waals surface area contributed by atoms with E-state index in [1.165, 1.54) is 12.0 Å². The first-order chi connectivity index (χ1) is 9.93. The van der Waals surface area contributed by atoms with Gasteiger partial charge in [0, 0.05) is 45.0 Å². The molecular formula is C15H18N2O4. The van der Waals surface area contributed by atoms with E-state index < -0.39 is 6.09 Å². The summed E-state index contributed by atoms with van der Waals surface area (Å²) in [5.41, 5.74) is 2.20. The molecule has 0 N–H and O–H groups in total. The maximum atomic E-state index is 11.7. The number of rotatable bonds is 2. The summed E-state index contributed by atoms with van der Waals surface area (Å²) in [5, 5.41) is 0. The number of methoxy groups -OCH3 is 1. The summed E-state index contributed by atoms with van der Waals surface area (Å²) in [6, 6.07) is 5.44. The monoisotopic (exact) mass is 290 g/mol. The normalized spacial score (nSPS) is 13.1. The molecule has 1 heterocycles. The summed E-state index contributed by atoms with van der Waals surface area (Å²) in [6.45, 7) is 0. The van der Waals surface area contributed by atoms with Crippen molar-refractivity contribution in [3.05, 3.63) is 35.5 Å². The van der Waals surface area contributed by atoms with Crippen LogP contribution in [0.2, 0.25) is 0 Å². The number of hydrogen-bond donors (Lipinski definition) is 0. The number of carbonyl (C=O) groups excluding carboxylic acids is 2. The molecule has 6 heteroatoms. The predicted octanol–water partition coefficient (Wildman–Crippen LogP) is 1.80. The van der Waals surface area contributed by atoms with Crippen molar-refractivity contribution in [2.24, 2.45) is 0 Å². The standard InChI is InChI=1S/C15H18N2O4/c1-16(2)15(19)21-13-7-5-6-12-11(13)8-10(9-17(12)3)14(18)20-4/h5-7,9H,8H2,1-4H3. The number of anilines is 1. The molecule has 0 bridgehead atoms. The van der Waals surface area contributed by atoms with Crippen LogP contribution >= 0.6 is 0 Å². The molecule has 0 unspecified atom stereocenters. The summed E-state index contributed by atoms with van der Waals surface area (Å²) in [7, 11) is 6.41. The van der Waals surface area contributed by atoms with Gasteiger partial charge in [0.25, 0.3) is 0 Å². The summed E-state index contributed by atoms with van der Waals surface area (Å²) >= 11 is 0. The lowest BCUT2D eigenvalue weighted by Gasteiger charge is -2.26. The first-order valence-corrected chi connectivity index (χ1v) is 6.47. The van der Waals surface area contributed by atoms with Gasteiger partial charge in [0.05, 0.1) is 12.7 Å². The third-order valence-corrected chi connectivity index (χ3v) is 3.22. The van der Waals surface area contributed by atoms with Crippen LogP contribution in [0, 0.1) is 0 Å². The van der Waals surface area contributed by atoms with Gasteiger partial charge in [0.1, 0.15) is 5.75 Å². The minimum atomic E-state index is -0.458. The van der Waals surface area contributed by atoms with E-state index >= 15 is 0 Å². The Morgan fingerprint density at radius 1 is 1.29 bits per heavy atom. The quantitative estimate of drug-likeness (QED) is 0.777. The lowest BCUT2D eigenvalue weighted by molar-refractivity contribution is -0.136. The smallest absolute Gasteiger partial charge is 0.414 e. The van der Waals surface area contributed by atoms with Gasteiger partial charge in [-0.2, -0.15) is 0 Å². The van der Waals surface area contributed by atoms with E-state index in [0.29, 0.717) is 17.7 Å². The highest BCUT2D eigenvalue weighted by Gasteiger charge is 2.24. The highest BCUT2D eigenvalue weighted by molar-refractivity contribution is 5.91. The van der Waals surface area contributed by atoms with Crippen molar-refractivity contribution in [1.82, 2.24) is 4.90 Å². The van der Waals surface area contributed by atoms with Crippen LogP contribution in [-0.2, 0) is 16.0 Å². The van der Waals surface area contributed by atoms with Crippen LogP contribution in [0.4, 0.5) is 10.5 Å². The topological polar surface area (TPSA) is 59.1 Å². The molecule has 1 aliphatic rings. The van der Waals surface area contributed by atoms with Gasteiger partial charge >= 0.3 is 12.1 Å². The summed E-state index contributed by atoms with van der Waals surface area (Å²) < 4.78 is 10.1. The second-order valence-electron chi connectivity index (χ2n) is 4.95. The fourth-order valence-electron chi connectivity index (χ4n) is 2.14. The fourth-order valence-corrected chi connectivity index (χ4v) is 2.14. The first-order valence-electron chi connectivity index (χ1n) is 6.47. The maximum Gasteiger partial charge on any atom is 0.414 e. The lowest BCUT2D eigenvalue weighted by atomic mass is 9.99. The second-order valence-corrected chi connectivity index (χ2v) is 4.95. The molecular weight excluding hydrogens is 272 g/mol. The Balaban J connectivity index is 2.37. The molecule has 1 amide bonds. The first kappa shape index (κ1) is 14.9. The van der Waals surface area contributed by atoms with Crippen LogP contribution in [0.1, 0.15) is 5.56 Å². The van der Waals surface area contributed by atoms with Gasteiger partial charge in [0.15, 0.2) is 0 Å². The van der Waals surface area contributed by atoms with Crippen LogP contribution in [0.3, 0.4) is 0 Å². The third-order valence-electron chi connectivity index (χ3n) is 3.22. The molecule has 112 valence electrons. The molecule has 0 saturated heterocycles. The van der Waals surface area contributed by atoms with Crippen molar-refractivity contribution in [2.45, 2.75) is 6.42 Å². The SMILES string of the molecule is COC(=O)C1=CN(C)c2cccc(OC(=O)N(C)C)c2C1. The summed E-state index contributed by atoms with van der Waals surface area (Å²) in [4.78, 5) is 26.6. The largest absolute Gasteiger partial charge is 0.466 e. The van der Waals surface area contributed by atoms with E-state index in [0.717, 1.165) is 11.3 Å². The van der Waals surface area contributed by atoms with E-state index in [1.54, 1.807) is 26.4 Å². The molecule has 0 fully saturated rings. The number of nitrogens with zero attached hydrogens (tertiary/aromatic N) is 2. The van der Waals surface area contributed by atoms with Crippen molar-refractivity contribution < 1.29 is 19.1 Å². The molecule has 0 atom stereocenters. The summed E-state index contributed by atoms with van der Waals surface area (Å²) in [6.07, 6.45) is 1.63. The molecule has 1 aliphatic heterocycles. The fraction of sp³-hybridized carbons (Fsp3) is 0.333. The number of ether oxygens (including phenoxy) is 2. The number of carbonyl (C=O) groups is 2. The molecule has 21 heavy (non-hydrogen) atoms. The van der Waals surface area contributed by atoms with Gasteiger partial charge in [-0.25, -0.2) is 9.59 Å². The van der Waals surface area contributed by atoms with Crippen LogP contribution in [0.25, 0.3) is 0 Å². The molecule has 1 aromatic rings. The van der Waals surface area contributed by atoms with Crippen molar-refractivity contribution in [1.29, 1.82) is 0 Å². The molecule has 2 rings (SSSR count). The Morgan fingerprint density at radius 2 is 2.00 bits per heavy atom. The van der Waals surface area contributed by atoms with Crippen LogP contribution in [0.5, 0.6) is 5.75 Å². The number of fused-ring (bicyclic) bond motifs is 1. The minimum absolute atomic E-state index is 0.364. The van der Waals surface area contributed by atoms with E-state index in [4.69, 9.17) is 9.47 Å². The van der Waals surface area contributed by atoms with Gasteiger partial charge in [-0.05, 0) is 12.1 Å². The Hall–Kier alpha value is -2.50. The zero-order valence-corrected chi connectivity index (χ0v) is 12.5. The molecule has 6 nitrogen and oxygen atoms in total. The van der Waals surface area contributed by atoms with E-state index in [1.807, 2.05) is 24.1 Å². The predicted molar refractivity (Wildman–Crippen MR) is 78.4 cm³/mol. The Kier molecular flexibility index (Phi) is 4.16. The molecule has 0 spiro atoms. The lowest BCUT2D eigenvalue weighted by Crippen LogP contribution is -2.27. The average molecular weight is 290 g/mol.